The van der Waals surface area contributed by atoms with Gasteiger partial charge in [-0.2, -0.15) is 0 Å². The van der Waals surface area contributed by atoms with Gasteiger partial charge in [0.25, 0.3) is 0 Å². The molecule has 1 aliphatic heterocycles. The third kappa shape index (κ3) is 3.98. The molecule has 4 heteroatoms. The topological polar surface area (TPSA) is 31.4 Å². The van der Waals surface area contributed by atoms with Crippen LogP contribution in [-0.4, -0.2) is 60.6 Å². The van der Waals surface area contributed by atoms with Gasteiger partial charge in [-0.25, -0.2) is 4.98 Å². The second kappa shape index (κ2) is 5.98. The molecule has 94 valence electrons. The highest BCUT2D eigenvalue weighted by molar-refractivity contribution is 5.34. The molecular formula is C13H22N4. The summed E-state index contributed by atoms with van der Waals surface area (Å²) in [5.41, 5.74) is 0. The van der Waals surface area contributed by atoms with Crippen molar-refractivity contribution in [1.29, 1.82) is 0 Å². The maximum Gasteiger partial charge on any atom is 0.126 e. The molecule has 1 atom stereocenters. The van der Waals surface area contributed by atoms with Crippen LogP contribution < -0.4 is 5.32 Å². The molecule has 1 fully saturated rings. The summed E-state index contributed by atoms with van der Waals surface area (Å²) in [4.78, 5) is 9.18. The van der Waals surface area contributed by atoms with E-state index in [2.05, 4.69) is 34.1 Å². The van der Waals surface area contributed by atoms with Crippen LogP contribution in [0.25, 0.3) is 0 Å². The minimum Gasteiger partial charge on any atom is -0.366 e. The molecule has 17 heavy (non-hydrogen) atoms. The molecule has 1 aromatic heterocycles. The first-order valence-electron chi connectivity index (χ1n) is 6.32. The maximum absolute atomic E-state index is 4.29. The van der Waals surface area contributed by atoms with E-state index in [1.54, 1.807) is 0 Å². The number of hydrogen-bond acceptors (Lipinski definition) is 4. The first-order valence-corrected chi connectivity index (χ1v) is 6.32. The Morgan fingerprint density at radius 2 is 2.06 bits per heavy atom. The van der Waals surface area contributed by atoms with E-state index < -0.39 is 0 Å². The van der Waals surface area contributed by atoms with Gasteiger partial charge < -0.3 is 10.2 Å². The first-order chi connectivity index (χ1) is 8.24. The summed E-state index contributed by atoms with van der Waals surface area (Å²) in [7, 11) is 2.19. The quantitative estimate of drug-likeness (QED) is 0.846. The molecule has 0 unspecified atom stereocenters. The fourth-order valence-corrected chi connectivity index (χ4v) is 2.16. The van der Waals surface area contributed by atoms with Crippen molar-refractivity contribution in [3.63, 3.8) is 0 Å². The molecule has 1 aromatic rings. The molecule has 0 bridgehead atoms. The summed E-state index contributed by atoms with van der Waals surface area (Å²) in [5.74, 6) is 0.967. The molecule has 1 N–H and O–H groups in total. The van der Waals surface area contributed by atoms with Gasteiger partial charge in [-0.1, -0.05) is 6.07 Å². The number of nitrogens with one attached hydrogen (secondary N) is 1. The Balaban J connectivity index is 1.76. The molecule has 1 saturated heterocycles. The summed E-state index contributed by atoms with van der Waals surface area (Å²) >= 11 is 0. The average molecular weight is 234 g/mol. The number of hydrogen-bond donors (Lipinski definition) is 1. The zero-order valence-corrected chi connectivity index (χ0v) is 10.8. The monoisotopic (exact) mass is 234 g/mol. The SMILES string of the molecule is C[C@@H](CN1CCN(C)CC1)Nc1ccccn1. The molecule has 2 heterocycles. The van der Waals surface area contributed by atoms with Crippen LogP contribution in [-0.2, 0) is 0 Å². The van der Waals surface area contributed by atoms with Crippen LogP contribution in [0, 0.1) is 0 Å². The average Bonchev–Trinajstić information content (AvgIpc) is 2.33. The number of aromatic nitrogens is 1. The van der Waals surface area contributed by atoms with Crippen molar-refractivity contribution in [3.8, 4) is 0 Å². The highest BCUT2D eigenvalue weighted by Crippen LogP contribution is 2.05. The van der Waals surface area contributed by atoms with E-state index in [1.807, 2.05) is 24.4 Å². The molecular weight excluding hydrogens is 212 g/mol. The molecule has 0 amide bonds. The van der Waals surface area contributed by atoms with Crippen LogP contribution in [0.5, 0.6) is 0 Å². The first kappa shape index (κ1) is 12.3. The smallest absolute Gasteiger partial charge is 0.126 e. The number of likely N-dealkylation sites (N-methyl/N-ethyl adjacent to an activating group) is 1. The van der Waals surface area contributed by atoms with E-state index >= 15 is 0 Å². The Kier molecular flexibility index (Phi) is 4.34. The van der Waals surface area contributed by atoms with Gasteiger partial charge >= 0.3 is 0 Å². The second-order valence-corrected chi connectivity index (χ2v) is 4.86. The maximum atomic E-state index is 4.29. The molecule has 4 nitrogen and oxygen atoms in total. The molecule has 2 rings (SSSR count). The molecule has 0 spiro atoms. The van der Waals surface area contributed by atoms with E-state index in [0.717, 1.165) is 12.4 Å². The standard InChI is InChI=1S/C13H22N4/c1-12(15-13-5-3-4-6-14-13)11-17-9-7-16(2)8-10-17/h3-6,12H,7-11H2,1-2H3,(H,14,15)/t12-/m0/s1. The molecule has 0 aliphatic carbocycles. The Hall–Kier alpha value is -1.13. The number of anilines is 1. The minimum absolute atomic E-state index is 0.438. The fraction of sp³-hybridized carbons (Fsp3) is 0.615. The van der Waals surface area contributed by atoms with Gasteiger partial charge in [-0.3, -0.25) is 4.90 Å². The van der Waals surface area contributed by atoms with Crippen molar-refractivity contribution in [2.45, 2.75) is 13.0 Å². The van der Waals surface area contributed by atoms with Crippen molar-refractivity contribution >= 4 is 5.82 Å². The van der Waals surface area contributed by atoms with Gasteiger partial charge in [-0.05, 0) is 26.1 Å². The number of nitrogens with zero attached hydrogens (tertiary/aromatic N) is 3. The van der Waals surface area contributed by atoms with E-state index in [4.69, 9.17) is 0 Å². The third-order valence-electron chi connectivity index (χ3n) is 3.19. The van der Waals surface area contributed by atoms with E-state index in [-0.39, 0.29) is 0 Å². The number of piperazine rings is 1. The van der Waals surface area contributed by atoms with Crippen LogP contribution in [0.2, 0.25) is 0 Å². The number of rotatable bonds is 4. The van der Waals surface area contributed by atoms with Crippen LogP contribution in [0.15, 0.2) is 24.4 Å². The molecule has 0 saturated carbocycles. The predicted molar refractivity (Wildman–Crippen MR) is 71.3 cm³/mol. The predicted octanol–water partition coefficient (Wildman–Crippen LogP) is 1.13. The van der Waals surface area contributed by atoms with Crippen molar-refractivity contribution < 1.29 is 0 Å². The van der Waals surface area contributed by atoms with Crippen molar-refractivity contribution in [1.82, 2.24) is 14.8 Å². The zero-order chi connectivity index (χ0) is 12.1. The lowest BCUT2D eigenvalue weighted by atomic mass is 10.2. The van der Waals surface area contributed by atoms with Gasteiger partial charge in [0.1, 0.15) is 5.82 Å². The third-order valence-corrected chi connectivity index (χ3v) is 3.19. The Morgan fingerprint density at radius 3 is 2.71 bits per heavy atom. The number of pyridine rings is 1. The molecule has 1 aliphatic rings. The zero-order valence-electron chi connectivity index (χ0n) is 10.8. The lowest BCUT2D eigenvalue weighted by Gasteiger charge is -2.34. The highest BCUT2D eigenvalue weighted by Gasteiger charge is 2.15. The summed E-state index contributed by atoms with van der Waals surface area (Å²) in [6.07, 6.45) is 1.82. The minimum atomic E-state index is 0.438. The lowest BCUT2D eigenvalue weighted by molar-refractivity contribution is 0.151. The second-order valence-electron chi connectivity index (χ2n) is 4.86. The Morgan fingerprint density at radius 1 is 1.29 bits per heavy atom. The van der Waals surface area contributed by atoms with Crippen LogP contribution in [0.3, 0.4) is 0 Å². The van der Waals surface area contributed by atoms with Crippen molar-refractivity contribution in [3.05, 3.63) is 24.4 Å². The Bertz CT molecular complexity index is 319. The van der Waals surface area contributed by atoms with Gasteiger partial charge in [0.15, 0.2) is 0 Å². The van der Waals surface area contributed by atoms with E-state index in [9.17, 15) is 0 Å². The summed E-state index contributed by atoms with van der Waals surface area (Å²) < 4.78 is 0. The normalized spacial score (nSPS) is 20.1. The summed E-state index contributed by atoms with van der Waals surface area (Å²) in [6, 6.07) is 6.41. The van der Waals surface area contributed by atoms with Crippen LogP contribution >= 0.6 is 0 Å². The summed E-state index contributed by atoms with van der Waals surface area (Å²) in [5, 5.41) is 3.43. The Labute approximate surface area is 104 Å². The molecule has 0 radical (unpaired) electrons. The van der Waals surface area contributed by atoms with Gasteiger partial charge in [0.05, 0.1) is 0 Å². The van der Waals surface area contributed by atoms with Gasteiger partial charge in [-0.15, -0.1) is 0 Å². The summed E-state index contributed by atoms with van der Waals surface area (Å²) in [6.45, 7) is 8.00. The van der Waals surface area contributed by atoms with Crippen molar-refractivity contribution in [2.75, 3.05) is 45.1 Å². The largest absolute Gasteiger partial charge is 0.366 e. The fourth-order valence-electron chi connectivity index (χ4n) is 2.16. The lowest BCUT2D eigenvalue weighted by Crippen LogP contribution is -2.47. The van der Waals surface area contributed by atoms with E-state index in [1.165, 1.54) is 26.2 Å². The van der Waals surface area contributed by atoms with Crippen LogP contribution in [0.4, 0.5) is 5.82 Å². The van der Waals surface area contributed by atoms with Crippen LogP contribution in [0.1, 0.15) is 6.92 Å². The van der Waals surface area contributed by atoms with Crippen molar-refractivity contribution in [2.24, 2.45) is 0 Å². The molecule has 0 aromatic carbocycles. The highest BCUT2D eigenvalue weighted by atomic mass is 15.3. The van der Waals surface area contributed by atoms with Gasteiger partial charge in [0, 0.05) is 45.0 Å². The van der Waals surface area contributed by atoms with Gasteiger partial charge in [0.2, 0.25) is 0 Å². The van der Waals surface area contributed by atoms with E-state index in [0.29, 0.717) is 6.04 Å².